The van der Waals surface area contributed by atoms with Crippen LogP contribution in [0.3, 0.4) is 0 Å². The predicted molar refractivity (Wildman–Crippen MR) is 79.5 cm³/mol. The first-order valence-corrected chi connectivity index (χ1v) is 6.90. The van der Waals surface area contributed by atoms with Crippen LogP contribution in [0.4, 0.5) is 5.69 Å². The topological polar surface area (TPSA) is 72.9 Å². The maximum Gasteiger partial charge on any atom is 0.263 e. The number of nitrogens with zero attached hydrogens (tertiary/aromatic N) is 2. The smallest absolute Gasteiger partial charge is 0.263 e. The van der Waals surface area contributed by atoms with Crippen molar-refractivity contribution in [2.75, 3.05) is 5.73 Å². The number of hydrogen-bond acceptors (Lipinski definition) is 4. The van der Waals surface area contributed by atoms with Crippen LogP contribution in [0.1, 0.15) is 28.7 Å². The molecule has 5 nitrogen and oxygen atoms in total. The van der Waals surface area contributed by atoms with E-state index in [1.807, 2.05) is 20.9 Å². The summed E-state index contributed by atoms with van der Waals surface area (Å²) in [7, 11) is 1.85. The van der Waals surface area contributed by atoms with Crippen molar-refractivity contribution in [1.29, 1.82) is 0 Å². The average molecular weight is 278 g/mol. The number of aromatic nitrogens is 2. The first kappa shape index (κ1) is 13.6. The summed E-state index contributed by atoms with van der Waals surface area (Å²) in [5.74, 6) is -0.132. The number of nitrogen functional groups attached to an aromatic ring is 1. The third-order valence-corrected chi connectivity index (χ3v) is 4.26. The first-order valence-electron chi connectivity index (χ1n) is 6.09. The lowest BCUT2D eigenvalue weighted by atomic mass is 10.2. The molecule has 0 aliphatic carbocycles. The van der Waals surface area contributed by atoms with Crippen LogP contribution in [0.15, 0.2) is 12.7 Å². The Morgan fingerprint density at radius 2 is 2.37 bits per heavy atom. The molecule has 3 N–H and O–H groups in total. The molecular weight excluding hydrogens is 260 g/mol. The third-order valence-electron chi connectivity index (χ3n) is 2.99. The van der Waals surface area contributed by atoms with Crippen molar-refractivity contribution >= 4 is 33.1 Å². The molecule has 19 heavy (non-hydrogen) atoms. The Morgan fingerprint density at radius 3 is 2.95 bits per heavy atom. The largest absolute Gasteiger partial charge is 0.397 e. The highest BCUT2D eigenvalue weighted by Gasteiger charge is 2.21. The molecule has 2 rings (SSSR count). The summed E-state index contributed by atoms with van der Waals surface area (Å²) in [6.07, 6.45) is 2.52. The van der Waals surface area contributed by atoms with Crippen LogP contribution in [-0.4, -0.2) is 21.7 Å². The van der Waals surface area contributed by atoms with Gasteiger partial charge in [-0.05, 0) is 20.3 Å². The molecule has 2 heterocycles. The number of fused-ring (bicyclic) bond motifs is 1. The highest BCUT2D eigenvalue weighted by molar-refractivity contribution is 7.21. The second-order valence-electron chi connectivity index (χ2n) is 4.63. The number of nitrogens with two attached hydrogens (primary N) is 1. The van der Waals surface area contributed by atoms with Gasteiger partial charge in [0.25, 0.3) is 5.91 Å². The fourth-order valence-electron chi connectivity index (χ4n) is 2.10. The van der Waals surface area contributed by atoms with Gasteiger partial charge in [-0.2, -0.15) is 5.10 Å². The molecule has 102 valence electrons. The van der Waals surface area contributed by atoms with Crippen molar-refractivity contribution < 1.29 is 4.79 Å². The number of hydrogen-bond donors (Lipinski definition) is 2. The van der Waals surface area contributed by atoms with Gasteiger partial charge in [-0.15, -0.1) is 17.9 Å². The Kier molecular flexibility index (Phi) is 3.61. The van der Waals surface area contributed by atoms with E-state index in [9.17, 15) is 4.79 Å². The van der Waals surface area contributed by atoms with Crippen LogP contribution in [0, 0.1) is 6.92 Å². The quantitative estimate of drug-likeness (QED) is 0.842. The molecule has 0 fully saturated rings. The highest BCUT2D eigenvalue weighted by atomic mass is 32.1. The van der Waals surface area contributed by atoms with Crippen molar-refractivity contribution in [3.63, 3.8) is 0 Å². The van der Waals surface area contributed by atoms with E-state index in [0.717, 1.165) is 22.3 Å². The highest BCUT2D eigenvalue weighted by Crippen LogP contribution is 2.35. The Hall–Kier alpha value is -1.82. The van der Waals surface area contributed by atoms with Crippen molar-refractivity contribution in [3.05, 3.63) is 23.2 Å². The number of rotatable bonds is 4. The van der Waals surface area contributed by atoms with Gasteiger partial charge in [-0.3, -0.25) is 9.48 Å². The molecule has 6 heteroatoms. The molecule has 0 saturated carbocycles. The zero-order chi connectivity index (χ0) is 14.2. The normalized spacial score (nSPS) is 12.6. The predicted octanol–water partition coefficient (Wildman–Crippen LogP) is 2.22. The maximum atomic E-state index is 12.2. The Morgan fingerprint density at radius 1 is 1.68 bits per heavy atom. The summed E-state index contributed by atoms with van der Waals surface area (Å²) >= 11 is 1.38. The number of anilines is 1. The number of nitrogens with one attached hydrogen (secondary N) is 1. The molecule has 0 aromatic carbocycles. The summed E-state index contributed by atoms with van der Waals surface area (Å²) in [5, 5.41) is 8.11. The molecule has 2 aromatic heterocycles. The molecule has 1 atom stereocenters. The summed E-state index contributed by atoms with van der Waals surface area (Å²) in [6.45, 7) is 7.50. The third kappa shape index (κ3) is 2.35. The fourth-order valence-corrected chi connectivity index (χ4v) is 3.19. The van der Waals surface area contributed by atoms with Gasteiger partial charge in [0.1, 0.15) is 9.71 Å². The van der Waals surface area contributed by atoms with Crippen molar-refractivity contribution in [1.82, 2.24) is 15.1 Å². The average Bonchev–Trinajstić information content (AvgIpc) is 2.79. The second kappa shape index (κ2) is 5.05. The van der Waals surface area contributed by atoms with E-state index in [-0.39, 0.29) is 11.9 Å². The monoisotopic (exact) mass is 278 g/mol. The number of carbonyl (C=O) groups is 1. The van der Waals surface area contributed by atoms with Gasteiger partial charge in [0.2, 0.25) is 0 Å². The van der Waals surface area contributed by atoms with Crippen LogP contribution in [0.5, 0.6) is 0 Å². The zero-order valence-electron chi connectivity index (χ0n) is 11.4. The van der Waals surface area contributed by atoms with E-state index < -0.39 is 0 Å². The van der Waals surface area contributed by atoms with Gasteiger partial charge in [0.15, 0.2) is 0 Å². The molecule has 0 spiro atoms. The van der Waals surface area contributed by atoms with Gasteiger partial charge in [0.05, 0.1) is 16.8 Å². The summed E-state index contributed by atoms with van der Waals surface area (Å²) in [6, 6.07) is 0.0498. The number of thiophene rings is 1. The van der Waals surface area contributed by atoms with Gasteiger partial charge >= 0.3 is 0 Å². The van der Waals surface area contributed by atoms with Crippen LogP contribution in [0.2, 0.25) is 0 Å². The van der Waals surface area contributed by atoms with Crippen LogP contribution < -0.4 is 11.1 Å². The number of carbonyl (C=O) groups excluding carboxylic acids is 1. The molecule has 0 aliphatic rings. The number of aryl methyl sites for hydroxylation is 2. The van der Waals surface area contributed by atoms with Gasteiger partial charge in [-0.25, -0.2) is 0 Å². The molecule has 0 saturated heterocycles. The maximum absolute atomic E-state index is 12.2. The Labute approximate surface area is 116 Å². The molecule has 1 amide bonds. The standard InChI is InChI=1S/C13H18N4OS/c1-5-6-7(2)15-12(18)11-10(14)9-8(3)16-17(4)13(9)19-11/h5,7H,1,6,14H2,2-4H3,(H,15,18). The minimum Gasteiger partial charge on any atom is -0.397 e. The van der Waals surface area contributed by atoms with E-state index >= 15 is 0 Å². The fraction of sp³-hybridized carbons (Fsp3) is 0.385. The molecule has 0 bridgehead atoms. The minimum absolute atomic E-state index is 0.0498. The van der Waals surface area contributed by atoms with E-state index in [4.69, 9.17) is 5.73 Å². The first-order chi connectivity index (χ1) is 8.95. The van der Waals surface area contributed by atoms with E-state index in [2.05, 4.69) is 17.0 Å². The van der Waals surface area contributed by atoms with E-state index in [0.29, 0.717) is 10.6 Å². The van der Waals surface area contributed by atoms with Crippen molar-refractivity contribution in [2.45, 2.75) is 26.3 Å². The lowest BCUT2D eigenvalue weighted by Gasteiger charge is -2.10. The van der Waals surface area contributed by atoms with Crippen molar-refractivity contribution in [3.8, 4) is 0 Å². The molecule has 0 aliphatic heterocycles. The van der Waals surface area contributed by atoms with E-state index in [1.54, 1.807) is 10.8 Å². The van der Waals surface area contributed by atoms with Crippen LogP contribution in [-0.2, 0) is 7.05 Å². The van der Waals surface area contributed by atoms with Gasteiger partial charge in [0, 0.05) is 13.1 Å². The van der Waals surface area contributed by atoms with Crippen molar-refractivity contribution in [2.24, 2.45) is 7.05 Å². The minimum atomic E-state index is -0.132. The van der Waals surface area contributed by atoms with Gasteiger partial charge < -0.3 is 11.1 Å². The summed E-state index contributed by atoms with van der Waals surface area (Å²) in [4.78, 5) is 13.7. The zero-order valence-corrected chi connectivity index (χ0v) is 12.2. The summed E-state index contributed by atoms with van der Waals surface area (Å²) in [5.41, 5.74) is 7.45. The Bertz CT molecular complexity index is 641. The molecule has 2 aromatic rings. The lowest BCUT2D eigenvalue weighted by molar-refractivity contribution is 0.0945. The van der Waals surface area contributed by atoms with E-state index in [1.165, 1.54) is 11.3 Å². The molecule has 1 unspecified atom stereocenters. The van der Waals surface area contributed by atoms with Crippen LogP contribution >= 0.6 is 11.3 Å². The summed E-state index contributed by atoms with van der Waals surface area (Å²) < 4.78 is 1.76. The number of amides is 1. The lowest BCUT2D eigenvalue weighted by Crippen LogP contribution is -2.31. The SMILES string of the molecule is C=CCC(C)NC(=O)c1sc2c(c(C)nn2C)c1N. The molecular formula is C13H18N4OS. The van der Waals surface area contributed by atoms with Gasteiger partial charge in [-0.1, -0.05) is 6.08 Å². The Balaban J connectivity index is 2.35. The van der Waals surface area contributed by atoms with Crippen LogP contribution in [0.25, 0.3) is 10.2 Å². The second-order valence-corrected chi connectivity index (χ2v) is 5.63. The molecule has 0 radical (unpaired) electrons.